The molecular weight excluding hydrogens is 338 g/mol. The summed E-state index contributed by atoms with van der Waals surface area (Å²) in [6, 6.07) is 7.20. The SMILES string of the molecule is CCC(O)(CC)c1ccccc1N1COCC(C(=O)OC)=C1C(=O)OC. The Morgan fingerprint density at radius 1 is 1.15 bits per heavy atom. The van der Waals surface area contributed by atoms with Gasteiger partial charge in [-0.25, -0.2) is 9.59 Å². The average Bonchev–Trinajstić information content (AvgIpc) is 2.71. The van der Waals surface area contributed by atoms with Crippen LogP contribution in [0, 0.1) is 0 Å². The summed E-state index contributed by atoms with van der Waals surface area (Å²) >= 11 is 0. The summed E-state index contributed by atoms with van der Waals surface area (Å²) in [4.78, 5) is 26.1. The summed E-state index contributed by atoms with van der Waals surface area (Å²) in [5, 5.41) is 11.0. The Hall–Kier alpha value is -2.38. The van der Waals surface area contributed by atoms with Gasteiger partial charge in [0, 0.05) is 11.3 Å². The number of carbonyl (C=O) groups excluding carboxylic acids is 2. The Morgan fingerprint density at radius 3 is 2.35 bits per heavy atom. The molecule has 0 saturated carbocycles. The first-order valence-electron chi connectivity index (χ1n) is 8.50. The number of benzene rings is 1. The van der Waals surface area contributed by atoms with Crippen molar-refractivity contribution in [2.45, 2.75) is 32.3 Å². The second-order valence-electron chi connectivity index (χ2n) is 5.97. The molecule has 0 radical (unpaired) electrons. The lowest BCUT2D eigenvalue weighted by Gasteiger charge is -2.36. The van der Waals surface area contributed by atoms with Gasteiger partial charge in [0.05, 0.1) is 32.0 Å². The van der Waals surface area contributed by atoms with Crippen molar-refractivity contribution in [3.8, 4) is 0 Å². The number of esters is 2. The molecule has 2 rings (SSSR count). The highest BCUT2D eigenvalue weighted by Gasteiger charge is 2.36. The molecule has 142 valence electrons. The molecule has 0 unspecified atom stereocenters. The van der Waals surface area contributed by atoms with Gasteiger partial charge in [0.25, 0.3) is 0 Å². The van der Waals surface area contributed by atoms with Crippen LogP contribution in [0.15, 0.2) is 35.5 Å². The van der Waals surface area contributed by atoms with Gasteiger partial charge in [-0.15, -0.1) is 0 Å². The molecule has 1 N–H and O–H groups in total. The minimum atomic E-state index is -1.07. The highest BCUT2D eigenvalue weighted by molar-refractivity contribution is 6.03. The highest BCUT2D eigenvalue weighted by atomic mass is 16.5. The van der Waals surface area contributed by atoms with E-state index in [-0.39, 0.29) is 24.6 Å². The van der Waals surface area contributed by atoms with Gasteiger partial charge in [-0.1, -0.05) is 32.0 Å². The second kappa shape index (κ2) is 8.33. The molecule has 1 aliphatic heterocycles. The number of carbonyl (C=O) groups is 2. The number of methoxy groups -OCH3 is 2. The van der Waals surface area contributed by atoms with Crippen molar-refractivity contribution in [2.75, 3.05) is 32.5 Å². The summed E-state index contributed by atoms with van der Waals surface area (Å²) in [6.07, 6.45) is 0.993. The Bertz CT molecular complexity index is 708. The number of ether oxygens (including phenoxy) is 3. The fraction of sp³-hybridized carbons (Fsp3) is 0.474. The van der Waals surface area contributed by atoms with Crippen LogP contribution in [0.25, 0.3) is 0 Å². The van der Waals surface area contributed by atoms with Crippen molar-refractivity contribution in [3.05, 3.63) is 41.1 Å². The van der Waals surface area contributed by atoms with E-state index in [9.17, 15) is 14.7 Å². The van der Waals surface area contributed by atoms with Crippen molar-refractivity contribution >= 4 is 17.6 Å². The lowest BCUT2D eigenvalue weighted by Crippen LogP contribution is -2.40. The van der Waals surface area contributed by atoms with E-state index in [1.807, 2.05) is 26.0 Å². The van der Waals surface area contributed by atoms with E-state index in [0.717, 1.165) is 0 Å². The van der Waals surface area contributed by atoms with Crippen LogP contribution in [0.1, 0.15) is 32.3 Å². The molecule has 1 heterocycles. The third-order valence-corrected chi connectivity index (χ3v) is 4.70. The molecule has 1 aromatic rings. The lowest BCUT2D eigenvalue weighted by molar-refractivity contribution is -0.140. The maximum absolute atomic E-state index is 12.4. The zero-order valence-corrected chi connectivity index (χ0v) is 15.6. The number of nitrogens with zero attached hydrogens (tertiary/aromatic N) is 1. The zero-order chi connectivity index (χ0) is 19.3. The Balaban J connectivity index is 2.67. The van der Waals surface area contributed by atoms with Gasteiger partial charge in [0.15, 0.2) is 0 Å². The van der Waals surface area contributed by atoms with Gasteiger partial charge in [-0.05, 0) is 18.9 Å². The van der Waals surface area contributed by atoms with Crippen molar-refractivity contribution in [2.24, 2.45) is 0 Å². The van der Waals surface area contributed by atoms with Gasteiger partial charge in [-0.2, -0.15) is 0 Å². The number of hydrogen-bond donors (Lipinski definition) is 1. The molecule has 0 saturated heterocycles. The number of hydrogen-bond acceptors (Lipinski definition) is 7. The molecule has 1 aromatic carbocycles. The second-order valence-corrected chi connectivity index (χ2v) is 5.97. The summed E-state index contributed by atoms with van der Waals surface area (Å²) < 4.78 is 15.2. The average molecular weight is 363 g/mol. The van der Waals surface area contributed by atoms with Crippen molar-refractivity contribution in [3.63, 3.8) is 0 Å². The molecule has 26 heavy (non-hydrogen) atoms. The summed E-state index contributed by atoms with van der Waals surface area (Å²) in [7, 11) is 2.49. The quantitative estimate of drug-likeness (QED) is 0.775. The molecule has 0 spiro atoms. The normalized spacial score (nSPS) is 15.0. The fourth-order valence-corrected chi connectivity index (χ4v) is 3.07. The van der Waals surface area contributed by atoms with Crippen LogP contribution < -0.4 is 4.90 Å². The zero-order valence-electron chi connectivity index (χ0n) is 15.6. The third kappa shape index (κ3) is 3.59. The van der Waals surface area contributed by atoms with Crippen LogP contribution in [0.4, 0.5) is 5.69 Å². The first kappa shape index (κ1) is 19.9. The van der Waals surface area contributed by atoms with Gasteiger partial charge in [-0.3, -0.25) is 0 Å². The van der Waals surface area contributed by atoms with Gasteiger partial charge in [0.1, 0.15) is 12.4 Å². The Kier molecular flexibility index (Phi) is 6.39. The molecule has 0 amide bonds. The predicted octanol–water partition coefficient (Wildman–Crippen LogP) is 2.09. The largest absolute Gasteiger partial charge is 0.466 e. The van der Waals surface area contributed by atoms with Gasteiger partial charge < -0.3 is 24.2 Å². The lowest BCUT2D eigenvalue weighted by atomic mass is 9.87. The Labute approximate surface area is 153 Å². The first-order chi connectivity index (χ1) is 12.4. The maximum Gasteiger partial charge on any atom is 0.355 e. The molecule has 0 bridgehead atoms. The van der Waals surface area contributed by atoms with E-state index in [1.54, 1.807) is 17.0 Å². The summed E-state index contributed by atoms with van der Waals surface area (Å²) in [5.74, 6) is -1.33. The van der Waals surface area contributed by atoms with Gasteiger partial charge in [0.2, 0.25) is 0 Å². The molecule has 7 heteroatoms. The van der Waals surface area contributed by atoms with E-state index in [1.165, 1.54) is 14.2 Å². The topological polar surface area (TPSA) is 85.3 Å². The minimum absolute atomic E-state index is 0.0471. The number of para-hydroxylation sites is 1. The fourth-order valence-electron chi connectivity index (χ4n) is 3.07. The van der Waals surface area contributed by atoms with E-state index in [4.69, 9.17) is 14.2 Å². The number of anilines is 1. The molecule has 0 aliphatic carbocycles. The third-order valence-electron chi connectivity index (χ3n) is 4.70. The Morgan fingerprint density at radius 2 is 1.77 bits per heavy atom. The molecule has 0 atom stereocenters. The minimum Gasteiger partial charge on any atom is -0.466 e. The highest BCUT2D eigenvalue weighted by Crippen LogP contribution is 2.38. The standard InChI is InChI=1S/C19H25NO6/c1-5-19(23,6-2)14-9-7-8-10-15(14)20-12-26-11-13(17(21)24-3)16(20)18(22)25-4/h7-10,23H,5-6,11-12H2,1-4H3. The molecule has 1 aliphatic rings. The molecule has 0 aromatic heterocycles. The van der Waals surface area contributed by atoms with E-state index in [2.05, 4.69) is 0 Å². The molecular formula is C19H25NO6. The summed E-state index contributed by atoms with van der Waals surface area (Å²) in [6.45, 7) is 3.78. The molecule has 0 fully saturated rings. The van der Waals surface area contributed by atoms with E-state index in [0.29, 0.717) is 24.1 Å². The van der Waals surface area contributed by atoms with E-state index >= 15 is 0 Å². The van der Waals surface area contributed by atoms with Crippen LogP contribution in [0.2, 0.25) is 0 Å². The maximum atomic E-state index is 12.4. The van der Waals surface area contributed by atoms with Gasteiger partial charge >= 0.3 is 11.9 Å². The van der Waals surface area contributed by atoms with Crippen molar-refractivity contribution < 1.29 is 28.9 Å². The van der Waals surface area contributed by atoms with E-state index < -0.39 is 17.5 Å². The number of aliphatic hydroxyl groups is 1. The van der Waals surface area contributed by atoms with Crippen molar-refractivity contribution in [1.29, 1.82) is 0 Å². The van der Waals surface area contributed by atoms with Crippen LogP contribution in [0.3, 0.4) is 0 Å². The van der Waals surface area contributed by atoms with Crippen LogP contribution in [-0.4, -0.2) is 44.6 Å². The predicted molar refractivity (Wildman–Crippen MR) is 95.3 cm³/mol. The monoisotopic (exact) mass is 363 g/mol. The van der Waals surface area contributed by atoms with Crippen molar-refractivity contribution in [1.82, 2.24) is 0 Å². The van der Waals surface area contributed by atoms with Crippen LogP contribution in [-0.2, 0) is 29.4 Å². The van der Waals surface area contributed by atoms with Crippen LogP contribution in [0.5, 0.6) is 0 Å². The molecule has 7 nitrogen and oxygen atoms in total. The summed E-state index contributed by atoms with van der Waals surface area (Å²) in [5.41, 5.74) is 0.312. The number of rotatable bonds is 6. The first-order valence-corrected chi connectivity index (χ1v) is 8.50. The smallest absolute Gasteiger partial charge is 0.355 e. The van der Waals surface area contributed by atoms with Crippen LogP contribution >= 0.6 is 0 Å².